The number of hydrogen-bond donors (Lipinski definition) is 1. The number of carbonyl (C=O) groups is 1. The molecule has 1 aliphatic heterocycles. The Labute approximate surface area is 109 Å². The van der Waals surface area contributed by atoms with Crippen molar-refractivity contribution in [3.63, 3.8) is 0 Å². The quantitative estimate of drug-likeness (QED) is 0.761. The normalized spacial score (nSPS) is 49.8. The number of nitrogens with one attached hydrogen (secondary N) is 1. The lowest BCUT2D eigenvalue weighted by Gasteiger charge is -2.60. The summed E-state index contributed by atoms with van der Waals surface area (Å²) in [5, 5.41) is 3.26. The van der Waals surface area contributed by atoms with Crippen molar-refractivity contribution in [1.29, 1.82) is 0 Å². The van der Waals surface area contributed by atoms with Gasteiger partial charge in [0.1, 0.15) is 0 Å². The Bertz CT molecular complexity index is 430. The highest BCUT2D eigenvalue weighted by atomic mass is 16.1. The maximum absolute atomic E-state index is 11.6. The van der Waals surface area contributed by atoms with Gasteiger partial charge in [-0.05, 0) is 58.3 Å². The molecule has 3 nitrogen and oxygen atoms in total. The number of nitrogens with zero attached hydrogens (tertiary/aromatic N) is 1. The van der Waals surface area contributed by atoms with Gasteiger partial charge in [-0.1, -0.05) is 0 Å². The van der Waals surface area contributed by atoms with Crippen LogP contribution in [0, 0.1) is 17.8 Å². The molecule has 1 N–H and O–H groups in total. The second-order valence-corrected chi connectivity index (χ2v) is 7.03. The molecule has 5 atom stereocenters. The van der Waals surface area contributed by atoms with E-state index in [9.17, 15) is 4.79 Å². The van der Waals surface area contributed by atoms with Crippen LogP contribution in [-0.2, 0) is 4.79 Å². The minimum atomic E-state index is -0.0718. The van der Waals surface area contributed by atoms with Crippen LogP contribution >= 0.6 is 0 Å². The first-order valence-electron chi connectivity index (χ1n) is 7.20. The summed E-state index contributed by atoms with van der Waals surface area (Å²) in [7, 11) is 0. The lowest BCUT2D eigenvalue weighted by atomic mass is 9.51. The fraction of sp³-hybridized carbons (Fsp3) is 0.867. The molecule has 0 radical (unpaired) electrons. The first-order chi connectivity index (χ1) is 8.35. The van der Waals surface area contributed by atoms with Crippen LogP contribution < -0.4 is 5.32 Å². The maximum atomic E-state index is 11.6. The Morgan fingerprint density at radius 2 is 2.06 bits per heavy atom. The minimum absolute atomic E-state index is 0.0718. The van der Waals surface area contributed by atoms with E-state index in [2.05, 4.69) is 26.1 Å². The number of carbonyl (C=O) groups excluding carboxylic acids is 1. The van der Waals surface area contributed by atoms with Gasteiger partial charge in [-0.3, -0.25) is 9.79 Å². The molecule has 0 aromatic rings. The van der Waals surface area contributed by atoms with E-state index >= 15 is 0 Å². The zero-order valence-corrected chi connectivity index (χ0v) is 11.9. The Morgan fingerprint density at radius 3 is 2.72 bits per heavy atom. The molecule has 0 saturated heterocycles. The van der Waals surface area contributed by atoms with E-state index in [1.165, 1.54) is 31.4 Å². The van der Waals surface area contributed by atoms with E-state index in [0.29, 0.717) is 11.8 Å². The monoisotopic (exact) mass is 248 g/mol. The highest BCUT2D eigenvalue weighted by Crippen LogP contribution is 2.56. The SMILES string of the molecule is CC(=O)NC1(C)[C@H]2CC[C@@]3(C)N=C(C)[C@@H]1C[C@H]3C2. The van der Waals surface area contributed by atoms with Gasteiger partial charge >= 0.3 is 0 Å². The summed E-state index contributed by atoms with van der Waals surface area (Å²) in [6.45, 7) is 8.37. The molecule has 1 heterocycles. The van der Waals surface area contributed by atoms with Crippen LogP contribution in [-0.4, -0.2) is 22.7 Å². The second-order valence-electron chi connectivity index (χ2n) is 7.03. The van der Waals surface area contributed by atoms with Crippen molar-refractivity contribution in [2.45, 2.75) is 64.5 Å². The summed E-state index contributed by atoms with van der Waals surface area (Å²) in [5.41, 5.74) is 1.38. The molecular weight excluding hydrogens is 224 g/mol. The smallest absolute Gasteiger partial charge is 0.217 e. The van der Waals surface area contributed by atoms with Crippen LogP contribution in [0.2, 0.25) is 0 Å². The van der Waals surface area contributed by atoms with Crippen LogP contribution in [0.1, 0.15) is 53.4 Å². The van der Waals surface area contributed by atoms with E-state index in [1.807, 2.05) is 0 Å². The third kappa shape index (κ3) is 1.49. The van der Waals surface area contributed by atoms with E-state index in [1.54, 1.807) is 6.92 Å². The van der Waals surface area contributed by atoms with Crippen molar-refractivity contribution >= 4 is 11.6 Å². The Kier molecular flexibility index (Phi) is 2.43. The van der Waals surface area contributed by atoms with E-state index in [-0.39, 0.29) is 17.0 Å². The molecule has 100 valence electrons. The Balaban J connectivity index is 2.04. The van der Waals surface area contributed by atoms with Crippen molar-refractivity contribution < 1.29 is 4.79 Å². The number of aliphatic imine (C=N–C) groups is 1. The van der Waals surface area contributed by atoms with Crippen molar-refractivity contribution in [3.05, 3.63) is 0 Å². The minimum Gasteiger partial charge on any atom is -0.350 e. The zero-order valence-electron chi connectivity index (χ0n) is 11.9. The second kappa shape index (κ2) is 3.58. The fourth-order valence-electron chi connectivity index (χ4n) is 4.90. The van der Waals surface area contributed by atoms with Gasteiger partial charge in [0.25, 0.3) is 0 Å². The standard InChI is InChI=1S/C15H24N2O/c1-9-13-8-12-7-11(5-6-14(12,3)16-9)15(13,4)17-10(2)18/h11-13H,5-8H2,1-4H3,(H,17,18)/t11-,12+,13-,14+,15?/m0/s1. The molecule has 3 aliphatic rings. The molecule has 2 saturated carbocycles. The van der Waals surface area contributed by atoms with Gasteiger partial charge in [-0.15, -0.1) is 0 Å². The van der Waals surface area contributed by atoms with Gasteiger partial charge in [-0.25, -0.2) is 0 Å². The summed E-state index contributed by atoms with van der Waals surface area (Å²) in [6.07, 6.45) is 4.83. The maximum Gasteiger partial charge on any atom is 0.217 e. The molecule has 1 amide bonds. The lowest BCUT2D eigenvalue weighted by Crippen LogP contribution is -2.66. The van der Waals surface area contributed by atoms with Gasteiger partial charge in [0.05, 0.1) is 5.54 Å². The average molecular weight is 248 g/mol. The van der Waals surface area contributed by atoms with E-state index in [4.69, 9.17) is 4.99 Å². The van der Waals surface area contributed by atoms with Gasteiger partial charge in [-0.2, -0.15) is 0 Å². The van der Waals surface area contributed by atoms with Crippen LogP contribution in [0.25, 0.3) is 0 Å². The Morgan fingerprint density at radius 1 is 1.33 bits per heavy atom. The molecular formula is C15H24N2O. The third-order valence-electron chi connectivity index (χ3n) is 5.92. The van der Waals surface area contributed by atoms with Crippen molar-refractivity contribution in [3.8, 4) is 0 Å². The van der Waals surface area contributed by atoms with Crippen molar-refractivity contribution in [1.82, 2.24) is 5.32 Å². The van der Waals surface area contributed by atoms with E-state index in [0.717, 1.165) is 5.92 Å². The Hall–Kier alpha value is -0.860. The predicted molar refractivity (Wildman–Crippen MR) is 72.7 cm³/mol. The van der Waals surface area contributed by atoms with Gasteiger partial charge < -0.3 is 5.32 Å². The first kappa shape index (κ1) is 12.2. The zero-order chi connectivity index (χ0) is 13.1. The molecule has 0 aromatic carbocycles. The van der Waals surface area contributed by atoms with Crippen LogP contribution in [0.5, 0.6) is 0 Å². The summed E-state index contributed by atoms with van der Waals surface area (Å²) < 4.78 is 0. The molecule has 0 spiro atoms. The van der Waals surface area contributed by atoms with Crippen LogP contribution in [0.3, 0.4) is 0 Å². The third-order valence-corrected chi connectivity index (χ3v) is 5.92. The summed E-state index contributed by atoms with van der Waals surface area (Å²) in [4.78, 5) is 16.6. The molecule has 1 unspecified atom stereocenters. The van der Waals surface area contributed by atoms with Gasteiger partial charge in [0.2, 0.25) is 5.91 Å². The largest absolute Gasteiger partial charge is 0.350 e. The molecule has 2 aliphatic carbocycles. The lowest BCUT2D eigenvalue weighted by molar-refractivity contribution is -0.123. The fourth-order valence-corrected chi connectivity index (χ4v) is 4.90. The van der Waals surface area contributed by atoms with Crippen molar-refractivity contribution in [2.24, 2.45) is 22.7 Å². The molecule has 3 rings (SSSR count). The van der Waals surface area contributed by atoms with Gasteiger partial charge in [0, 0.05) is 24.1 Å². The number of fused-ring (bicyclic) bond motifs is 2. The van der Waals surface area contributed by atoms with Crippen LogP contribution in [0.4, 0.5) is 0 Å². The molecule has 0 aromatic heterocycles. The number of hydrogen-bond acceptors (Lipinski definition) is 2. The molecule has 18 heavy (non-hydrogen) atoms. The highest BCUT2D eigenvalue weighted by molar-refractivity contribution is 5.88. The molecule has 3 bridgehead atoms. The van der Waals surface area contributed by atoms with Crippen molar-refractivity contribution in [2.75, 3.05) is 0 Å². The number of rotatable bonds is 1. The average Bonchev–Trinajstić information content (AvgIpc) is 2.25. The highest BCUT2D eigenvalue weighted by Gasteiger charge is 2.57. The number of amides is 1. The van der Waals surface area contributed by atoms with Crippen LogP contribution in [0.15, 0.2) is 4.99 Å². The topological polar surface area (TPSA) is 41.5 Å². The van der Waals surface area contributed by atoms with Gasteiger partial charge in [0.15, 0.2) is 0 Å². The summed E-state index contributed by atoms with van der Waals surface area (Å²) in [5.74, 6) is 1.90. The van der Waals surface area contributed by atoms with E-state index < -0.39 is 0 Å². The predicted octanol–water partition coefficient (Wildman–Crippen LogP) is 2.55. The summed E-state index contributed by atoms with van der Waals surface area (Å²) >= 11 is 0. The summed E-state index contributed by atoms with van der Waals surface area (Å²) in [6, 6.07) is 0. The molecule has 3 heteroatoms. The molecule has 2 fully saturated rings. The first-order valence-corrected chi connectivity index (χ1v) is 7.20.